The Balaban J connectivity index is 1.44. The van der Waals surface area contributed by atoms with E-state index in [1.807, 2.05) is 49.4 Å². The summed E-state index contributed by atoms with van der Waals surface area (Å²) in [5, 5.41) is 6.94. The number of hydrogen-bond acceptors (Lipinski definition) is 6. The van der Waals surface area contributed by atoms with Crippen LogP contribution >= 0.6 is 0 Å². The number of furan rings is 1. The summed E-state index contributed by atoms with van der Waals surface area (Å²) >= 11 is 0. The van der Waals surface area contributed by atoms with Gasteiger partial charge >= 0.3 is 0 Å². The number of rotatable bonds is 6. The van der Waals surface area contributed by atoms with Gasteiger partial charge in [-0.1, -0.05) is 35.5 Å². The largest absolute Gasteiger partial charge is 0.465 e. The summed E-state index contributed by atoms with van der Waals surface area (Å²) in [6, 6.07) is 15.2. The van der Waals surface area contributed by atoms with Crippen molar-refractivity contribution in [2.45, 2.75) is 13.0 Å². The van der Waals surface area contributed by atoms with Crippen LogP contribution in [0.4, 0.5) is 0 Å². The molecule has 1 aliphatic rings. The molecule has 1 fully saturated rings. The molecular formula is C22H26N4O3. The lowest BCUT2D eigenvalue weighted by molar-refractivity contribution is 0.0843. The first-order valence-electron chi connectivity index (χ1n) is 9.89. The molecule has 29 heavy (non-hydrogen) atoms. The summed E-state index contributed by atoms with van der Waals surface area (Å²) in [4.78, 5) is 17.3. The number of likely N-dealkylation sites (N-methyl/N-ethyl adjacent to an activating group) is 1. The van der Waals surface area contributed by atoms with Crippen LogP contribution in [0.25, 0.3) is 11.3 Å². The van der Waals surface area contributed by atoms with Gasteiger partial charge in [-0.05, 0) is 26.1 Å². The molecule has 1 N–H and O–H groups in total. The van der Waals surface area contributed by atoms with E-state index in [1.54, 1.807) is 6.07 Å². The van der Waals surface area contributed by atoms with Crippen LogP contribution in [-0.2, 0) is 0 Å². The number of aromatic nitrogens is 1. The van der Waals surface area contributed by atoms with Crippen molar-refractivity contribution in [1.82, 2.24) is 20.3 Å². The standard InChI is InChI=1S/C22H26N4O3/c1-16-8-9-20(28-16)19(26-12-10-25(2)11-13-26)15-23-22(27)18-14-21(29-24-18)17-6-4-3-5-7-17/h3-9,14,19H,10-13,15H2,1-2H3,(H,23,27)/t19-/m1/s1. The molecule has 4 rings (SSSR count). The fraction of sp³-hybridized carbons (Fsp3) is 0.364. The Kier molecular flexibility index (Phi) is 5.78. The van der Waals surface area contributed by atoms with Gasteiger partial charge < -0.3 is 19.2 Å². The van der Waals surface area contributed by atoms with Crippen molar-refractivity contribution < 1.29 is 13.7 Å². The van der Waals surface area contributed by atoms with Crippen LogP contribution in [0.15, 0.2) is 57.5 Å². The topological polar surface area (TPSA) is 74.8 Å². The van der Waals surface area contributed by atoms with Gasteiger partial charge in [-0.15, -0.1) is 0 Å². The Morgan fingerprint density at radius 3 is 2.59 bits per heavy atom. The maximum Gasteiger partial charge on any atom is 0.273 e. The highest BCUT2D eigenvalue weighted by Gasteiger charge is 2.27. The van der Waals surface area contributed by atoms with Crippen molar-refractivity contribution in [3.8, 4) is 11.3 Å². The van der Waals surface area contributed by atoms with Gasteiger partial charge in [0.15, 0.2) is 11.5 Å². The predicted molar refractivity (Wildman–Crippen MR) is 110 cm³/mol. The van der Waals surface area contributed by atoms with E-state index in [9.17, 15) is 4.79 Å². The summed E-state index contributed by atoms with van der Waals surface area (Å²) in [5.41, 5.74) is 1.16. The van der Waals surface area contributed by atoms with E-state index in [1.165, 1.54) is 0 Å². The predicted octanol–water partition coefficient (Wildman–Crippen LogP) is 2.96. The molecule has 1 amide bonds. The third-order valence-electron chi connectivity index (χ3n) is 5.33. The minimum atomic E-state index is -0.252. The van der Waals surface area contributed by atoms with Gasteiger partial charge in [-0.25, -0.2) is 0 Å². The number of benzene rings is 1. The lowest BCUT2D eigenvalue weighted by Gasteiger charge is -2.37. The fourth-order valence-electron chi connectivity index (χ4n) is 3.58. The first-order valence-corrected chi connectivity index (χ1v) is 9.89. The molecule has 1 atom stereocenters. The molecule has 3 heterocycles. The number of hydrogen-bond donors (Lipinski definition) is 1. The lowest BCUT2D eigenvalue weighted by atomic mass is 10.1. The molecule has 1 saturated heterocycles. The molecular weight excluding hydrogens is 368 g/mol. The lowest BCUT2D eigenvalue weighted by Crippen LogP contribution is -2.48. The summed E-state index contributed by atoms with van der Waals surface area (Å²) in [6.45, 7) is 6.23. The van der Waals surface area contributed by atoms with E-state index in [2.05, 4.69) is 27.3 Å². The summed E-state index contributed by atoms with van der Waals surface area (Å²) in [7, 11) is 2.13. The molecule has 0 unspecified atom stereocenters. The van der Waals surface area contributed by atoms with Gasteiger partial charge in [0.1, 0.15) is 11.5 Å². The molecule has 7 nitrogen and oxygen atoms in total. The number of carbonyl (C=O) groups excluding carboxylic acids is 1. The second-order valence-corrected chi connectivity index (χ2v) is 7.46. The number of piperazine rings is 1. The van der Waals surface area contributed by atoms with Gasteiger partial charge in [0.25, 0.3) is 5.91 Å². The molecule has 152 valence electrons. The van der Waals surface area contributed by atoms with E-state index in [0.717, 1.165) is 43.3 Å². The van der Waals surface area contributed by atoms with Crippen LogP contribution in [0.1, 0.15) is 28.1 Å². The van der Waals surface area contributed by atoms with E-state index < -0.39 is 0 Å². The van der Waals surface area contributed by atoms with E-state index in [4.69, 9.17) is 8.94 Å². The molecule has 0 bridgehead atoms. The number of nitrogens with zero attached hydrogens (tertiary/aromatic N) is 3. The van der Waals surface area contributed by atoms with Crippen LogP contribution in [0.2, 0.25) is 0 Å². The third kappa shape index (κ3) is 4.58. The van der Waals surface area contributed by atoms with Crippen LogP contribution in [0.5, 0.6) is 0 Å². The average Bonchev–Trinajstić information content (AvgIpc) is 3.40. The minimum absolute atomic E-state index is 0.0122. The molecule has 3 aromatic rings. The second kappa shape index (κ2) is 8.63. The zero-order chi connectivity index (χ0) is 20.2. The molecule has 0 radical (unpaired) electrons. The van der Waals surface area contributed by atoms with Crippen LogP contribution in [-0.4, -0.2) is 60.6 Å². The third-order valence-corrected chi connectivity index (χ3v) is 5.33. The van der Waals surface area contributed by atoms with Gasteiger partial charge in [-0.2, -0.15) is 0 Å². The Bertz CT molecular complexity index is 942. The Morgan fingerprint density at radius 1 is 1.14 bits per heavy atom. The highest BCUT2D eigenvalue weighted by atomic mass is 16.5. The van der Waals surface area contributed by atoms with Crippen molar-refractivity contribution in [2.24, 2.45) is 0 Å². The molecule has 2 aromatic heterocycles. The second-order valence-electron chi connectivity index (χ2n) is 7.46. The number of nitrogens with one attached hydrogen (secondary N) is 1. The zero-order valence-corrected chi connectivity index (χ0v) is 16.8. The quantitative estimate of drug-likeness (QED) is 0.693. The van der Waals surface area contributed by atoms with Gasteiger partial charge in [0, 0.05) is 44.4 Å². The van der Waals surface area contributed by atoms with Crippen LogP contribution in [0, 0.1) is 6.92 Å². The van der Waals surface area contributed by atoms with E-state index in [0.29, 0.717) is 12.3 Å². The molecule has 7 heteroatoms. The molecule has 0 aliphatic carbocycles. The Hall–Kier alpha value is -2.90. The van der Waals surface area contributed by atoms with Crippen molar-refractivity contribution in [2.75, 3.05) is 39.8 Å². The SMILES string of the molecule is Cc1ccc([C@@H](CNC(=O)c2cc(-c3ccccc3)on2)N2CCN(C)CC2)o1. The van der Waals surface area contributed by atoms with Gasteiger partial charge in [-0.3, -0.25) is 9.69 Å². The molecule has 0 spiro atoms. The van der Waals surface area contributed by atoms with Crippen LogP contribution < -0.4 is 5.32 Å². The number of carbonyl (C=O) groups is 1. The van der Waals surface area contributed by atoms with E-state index in [-0.39, 0.29) is 17.6 Å². The molecule has 1 aromatic carbocycles. The average molecular weight is 394 g/mol. The highest BCUT2D eigenvalue weighted by Crippen LogP contribution is 2.24. The smallest absolute Gasteiger partial charge is 0.273 e. The number of amides is 1. The van der Waals surface area contributed by atoms with Crippen molar-refractivity contribution >= 4 is 5.91 Å². The number of aryl methyl sites for hydroxylation is 1. The van der Waals surface area contributed by atoms with Gasteiger partial charge in [0.2, 0.25) is 0 Å². The first kappa shape index (κ1) is 19.4. The van der Waals surface area contributed by atoms with Crippen molar-refractivity contribution in [3.63, 3.8) is 0 Å². The van der Waals surface area contributed by atoms with Crippen LogP contribution in [0.3, 0.4) is 0 Å². The highest BCUT2D eigenvalue weighted by molar-refractivity contribution is 5.93. The maximum absolute atomic E-state index is 12.7. The molecule has 0 saturated carbocycles. The summed E-state index contributed by atoms with van der Waals surface area (Å²) in [5.74, 6) is 2.07. The monoisotopic (exact) mass is 394 g/mol. The van der Waals surface area contributed by atoms with E-state index >= 15 is 0 Å². The zero-order valence-electron chi connectivity index (χ0n) is 16.8. The fourth-order valence-corrected chi connectivity index (χ4v) is 3.58. The van der Waals surface area contributed by atoms with Crippen molar-refractivity contribution in [3.05, 3.63) is 65.7 Å². The van der Waals surface area contributed by atoms with Crippen molar-refractivity contribution in [1.29, 1.82) is 0 Å². The summed E-state index contributed by atoms with van der Waals surface area (Å²) in [6.07, 6.45) is 0. The Morgan fingerprint density at radius 2 is 1.90 bits per heavy atom. The minimum Gasteiger partial charge on any atom is -0.465 e. The van der Waals surface area contributed by atoms with Gasteiger partial charge in [0.05, 0.1) is 6.04 Å². The summed E-state index contributed by atoms with van der Waals surface area (Å²) < 4.78 is 11.2. The normalized spacial score (nSPS) is 16.6. The maximum atomic E-state index is 12.7. The Labute approximate surface area is 170 Å². The first-order chi connectivity index (χ1) is 14.1. The molecule has 1 aliphatic heterocycles.